The van der Waals surface area contributed by atoms with E-state index in [4.69, 9.17) is 4.74 Å². The molecular weight excluding hydrogens is 330 g/mol. The van der Waals surface area contributed by atoms with Gasteiger partial charge in [0.25, 0.3) is 0 Å². The van der Waals surface area contributed by atoms with E-state index in [0.29, 0.717) is 6.61 Å². The Balaban J connectivity index is 1.95. The number of aryl methyl sites for hydroxylation is 2. The summed E-state index contributed by atoms with van der Waals surface area (Å²) in [4.78, 5) is 0. The second kappa shape index (κ2) is 7.73. The monoisotopic (exact) mass is 351 g/mol. The molecule has 1 aromatic carbocycles. The topological polar surface area (TPSA) is 39.1 Å². The van der Waals surface area contributed by atoms with E-state index >= 15 is 0 Å². The van der Waals surface area contributed by atoms with Gasteiger partial charge in [-0.05, 0) is 33.5 Å². The molecule has 0 radical (unpaired) electrons. The molecule has 0 saturated carbocycles. The van der Waals surface area contributed by atoms with Crippen LogP contribution in [-0.2, 0) is 37.9 Å². The highest BCUT2D eigenvalue weighted by molar-refractivity contribution is 9.10. The van der Waals surface area contributed by atoms with Crippen LogP contribution in [0.3, 0.4) is 0 Å². The number of methoxy groups -OCH3 is 1. The van der Waals surface area contributed by atoms with E-state index in [1.54, 1.807) is 7.11 Å². The zero-order valence-electron chi connectivity index (χ0n) is 12.8. The lowest BCUT2D eigenvalue weighted by Gasteiger charge is -2.08. The first-order valence-electron chi connectivity index (χ1n) is 7.13. The van der Waals surface area contributed by atoms with E-state index in [-0.39, 0.29) is 0 Å². The average Bonchev–Trinajstić information content (AvgIpc) is 2.75. The normalized spacial score (nSPS) is 11.0. The van der Waals surface area contributed by atoms with Crippen LogP contribution in [0.4, 0.5) is 0 Å². The molecule has 0 fully saturated rings. The van der Waals surface area contributed by atoms with Crippen molar-refractivity contribution in [2.24, 2.45) is 7.05 Å². The number of halogens is 1. The molecular formula is C16H22BrN3O. The van der Waals surface area contributed by atoms with Crippen molar-refractivity contribution in [2.75, 3.05) is 7.11 Å². The molecule has 0 saturated heterocycles. The van der Waals surface area contributed by atoms with Crippen molar-refractivity contribution in [2.45, 2.75) is 33.0 Å². The lowest BCUT2D eigenvalue weighted by atomic mass is 10.1. The first-order chi connectivity index (χ1) is 10.2. The van der Waals surface area contributed by atoms with Crippen LogP contribution in [0.2, 0.25) is 0 Å². The number of nitrogens with one attached hydrogen (secondary N) is 1. The first-order valence-corrected chi connectivity index (χ1v) is 7.92. The molecule has 21 heavy (non-hydrogen) atoms. The molecule has 0 unspecified atom stereocenters. The lowest BCUT2D eigenvalue weighted by Crippen LogP contribution is -2.15. The molecule has 0 atom stereocenters. The van der Waals surface area contributed by atoms with Gasteiger partial charge < -0.3 is 10.1 Å². The number of hydrogen-bond donors (Lipinski definition) is 1. The van der Waals surface area contributed by atoms with E-state index in [2.05, 4.69) is 57.5 Å². The summed E-state index contributed by atoms with van der Waals surface area (Å²) in [6, 6.07) is 8.45. The number of rotatable bonds is 7. The van der Waals surface area contributed by atoms with Gasteiger partial charge in [-0.15, -0.1) is 0 Å². The molecule has 0 aliphatic carbocycles. The van der Waals surface area contributed by atoms with Gasteiger partial charge in [0.05, 0.1) is 22.5 Å². The minimum Gasteiger partial charge on any atom is -0.380 e. The smallest absolute Gasteiger partial charge is 0.0767 e. The van der Waals surface area contributed by atoms with Gasteiger partial charge in [-0.3, -0.25) is 4.68 Å². The van der Waals surface area contributed by atoms with Crippen LogP contribution < -0.4 is 5.32 Å². The SMILES string of the molecule is CCc1nn(C)c(CNCc2cccc(COC)c2)c1Br. The summed E-state index contributed by atoms with van der Waals surface area (Å²) in [7, 11) is 3.70. The molecule has 0 bridgehead atoms. The third kappa shape index (κ3) is 4.15. The summed E-state index contributed by atoms with van der Waals surface area (Å²) in [6.45, 7) is 4.39. The fourth-order valence-corrected chi connectivity index (χ4v) is 3.09. The van der Waals surface area contributed by atoms with E-state index in [0.717, 1.165) is 29.7 Å². The predicted molar refractivity (Wildman–Crippen MR) is 88.0 cm³/mol. The number of aromatic nitrogens is 2. The zero-order chi connectivity index (χ0) is 15.2. The highest BCUT2D eigenvalue weighted by atomic mass is 79.9. The van der Waals surface area contributed by atoms with Crippen LogP contribution in [0.15, 0.2) is 28.7 Å². The van der Waals surface area contributed by atoms with Gasteiger partial charge in [0.15, 0.2) is 0 Å². The molecule has 1 N–H and O–H groups in total. The van der Waals surface area contributed by atoms with Gasteiger partial charge in [-0.25, -0.2) is 0 Å². The number of ether oxygens (including phenoxy) is 1. The van der Waals surface area contributed by atoms with Gasteiger partial charge in [0.2, 0.25) is 0 Å². The summed E-state index contributed by atoms with van der Waals surface area (Å²) in [5.41, 5.74) is 4.75. The largest absolute Gasteiger partial charge is 0.380 e. The van der Waals surface area contributed by atoms with E-state index < -0.39 is 0 Å². The minimum atomic E-state index is 0.654. The Kier molecular flexibility index (Phi) is 5.96. The molecule has 114 valence electrons. The third-order valence-corrected chi connectivity index (χ3v) is 4.34. The second-order valence-electron chi connectivity index (χ2n) is 5.04. The first kappa shape index (κ1) is 16.2. The van der Waals surface area contributed by atoms with Crippen molar-refractivity contribution in [3.05, 3.63) is 51.3 Å². The zero-order valence-corrected chi connectivity index (χ0v) is 14.4. The second-order valence-corrected chi connectivity index (χ2v) is 5.83. The van der Waals surface area contributed by atoms with Crippen molar-refractivity contribution in [3.63, 3.8) is 0 Å². The molecule has 1 heterocycles. The average molecular weight is 352 g/mol. The molecule has 1 aromatic heterocycles. The van der Waals surface area contributed by atoms with Crippen LogP contribution in [-0.4, -0.2) is 16.9 Å². The van der Waals surface area contributed by atoms with Crippen LogP contribution >= 0.6 is 15.9 Å². The summed E-state index contributed by atoms with van der Waals surface area (Å²) in [6.07, 6.45) is 0.938. The maximum atomic E-state index is 5.17. The Bertz CT molecular complexity index is 595. The minimum absolute atomic E-state index is 0.654. The molecule has 2 rings (SSSR count). The van der Waals surface area contributed by atoms with Gasteiger partial charge in [-0.2, -0.15) is 5.10 Å². The quantitative estimate of drug-likeness (QED) is 0.832. The van der Waals surface area contributed by atoms with Crippen molar-refractivity contribution >= 4 is 15.9 Å². The summed E-state index contributed by atoms with van der Waals surface area (Å²) >= 11 is 3.64. The molecule has 0 aliphatic rings. The fourth-order valence-electron chi connectivity index (χ4n) is 2.33. The van der Waals surface area contributed by atoms with Gasteiger partial charge in [-0.1, -0.05) is 31.2 Å². The van der Waals surface area contributed by atoms with E-state index in [1.165, 1.54) is 16.8 Å². The Hall–Kier alpha value is -1.17. The van der Waals surface area contributed by atoms with Crippen LogP contribution in [0, 0.1) is 0 Å². The van der Waals surface area contributed by atoms with Gasteiger partial charge in [0.1, 0.15) is 0 Å². The Morgan fingerprint density at radius 2 is 2.05 bits per heavy atom. The number of hydrogen-bond acceptors (Lipinski definition) is 3. The van der Waals surface area contributed by atoms with Crippen molar-refractivity contribution in [1.29, 1.82) is 0 Å². The molecule has 4 nitrogen and oxygen atoms in total. The third-order valence-electron chi connectivity index (χ3n) is 3.43. The van der Waals surface area contributed by atoms with Crippen LogP contribution in [0.25, 0.3) is 0 Å². The Morgan fingerprint density at radius 3 is 2.71 bits per heavy atom. The summed E-state index contributed by atoms with van der Waals surface area (Å²) in [5.74, 6) is 0. The van der Waals surface area contributed by atoms with Crippen molar-refractivity contribution < 1.29 is 4.74 Å². The van der Waals surface area contributed by atoms with Crippen LogP contribution in [0.5, 0.6) is 0 Å². The van der Waals surface area contributed by atoms with Gasteiger partial charge in [0, 0.05) is 27.2 Å². The molecule has 5 heteroatoms. The molecule has 0 spiro atoms. The molecule has 0 aliphatic heterocycles. The highest BCUT2D eigenvalue weighted by Crippen LogP contribution is 2.21. The van der Waals surface area contributed by atoms with Crippen LogP contribution in [0.1, 0.15) is 29.4 Å². The maximum absolute atomic E-state index is 5.17. The summed E-state index contributed by atoms with van der Waals surface area (Å²) < 4.78 is 8.23. The number of nitrogens with zero attached hydrogens (tertiary/aromatic N) is 2. The van der Waals surface area contributed by atoms with E-state index in [1.807, 2.05) is 11.7 Å². The molecule has 0 amide bonds. The standard InChI is InChI=1S/C16H22BrN3O/c1-4-14-16(17)15(20(2)19-14)10-18-9-12-6-5-7-13(8-12)11-21-3/h5-8,18H,4,9-11H2,1-3H3. The summed E-state index contributed by atoms with van der Waals surface area (Å²) in [5, 5.41) is 7.98. The van der Waals surface area contributed by atoms with Crippen molar-refractivity contribution in [1.82, 2.24) is 15.1 Å². The fraction of sp³-hybridized carbons (Fsp3) is 0.438. The Labute approximate surface area is 134 Å². The van der Waals surface area contributed by atoms with Gasteiger partial charge >= 0.3 is 0 Å². The Morgan fingerprint density at radius 1 is 1.29 bits per heavy atom. The molecule has 2 aromatic rings. The number of benzene rings is 1. The predicted octanol–water partition coefficient (Wildman–Crippen LogP) is 3.18. The highest BCUT2D eigenvalue weighted by Gasteiger charge is 2.11. The lowest BCUT2D eigenvalue weighted by molar-refractivity contribution is 0.185. The maximum Gasteiger partial charge on any atom is 0.0767 e. The van der Waals surface area contributed by atoms with E-state index in [9.17, 15) is 0 Å². The van der Waals surface area contributed by atoms with Crippen molar-refractivity contribution in [3.8, 4) is 0 Å².